The predicted octanol–water partition coefficient (Wildman–Crippen LogP) is 5.93. The van der Waals surface area contributed by atoms with E-state index in [0.717, 1.165) is 22.2 Å². The molecule has 0 spiro atoms. The summed E-state index contributed by atoms with van der Waals surface area (Å²) in [4.78, 5) is 37.6. The van der Waals surface area contributed by atoms with Gasteiger partial charge in [-0.25, -0.2) is 4.79 Å². The molecule has 0 saturated carbocycles. The van der Waals surface area contributed by atoms with Crippen molar-refractivity contribution in [2.75, 3.05) is 7.11 Å². The Kier molecular flexibility index (Phi) is 7.69. The van der Waals surface area contributed by atoms with Crippen molar-refractivity contribution in [3.05, 3.63) is 66.9 Å². The lowest BCUT2D eigenvalue weighted by Crippen LogP contribution is -2.42. The first-order chi connectivity index (χ1) is 14.7. The highest BCUT2D eigenvalue weighted by Crippen LogP contribution is 2.38. The van der Waals surface area contributed by atoms with Gasteiger partial charge < -0.3 is 9.47 Å². The van der Waals surface area contributed by atoms with Crippen molar-refractivity contribution in [2.24, 2.45) is 0 Å². The van der Waals surface area contributed by atoms with Crippen molar-refractivity contribution >= 4 is 74.1 Å². The number of thioether (sulfide) groups is 1. The van der Waals surface area contributed by atoms with Crippen molar-refractivity contribution < 1.29 is 23.9 Å². The minimum atomic E-state index is -1.01. The van der Waals surface area contributed by atoms with Gasteiger partial charge in [-0.1, -0.05) is 35.3 Å². The van der Waals surface area contributed by atoms with Crippen LogP contribution in [0.3, 0.4) is 0 Å². The first-order valence-corrected chi connectivity index (χ1v) is 11.3. The molecule has 10 heteroatoms. The number of imide groups is 1. The van der Waals surface area contributed by atoms with Crippen molar-refractivity contribution in [1.82, 2.24) is 4.90 Å². The monoisotopic (exact) mass is 543 g/mol. The average Bonchev–Trinajstić information content (AvgIpc) is 3.00. The summed E-state index contributed by atoms with van der Waals surface area (Å²) in [5, 5.41) is 0.427. The second kappa shape index (κ2) is 10.1. The Morgan fingerprint density at radius 1 is 1.23 bits per heavy atom. The third-order valence-electron chi connectivity index (χ3n) is 4.37. The summed E-state index contributed by atoms with van der Waals surface area (Å²) in [5.41, 5.74) is 1.51. The molecule has 3 rings (SSSR count). The smallest absolute Gasteiger partial charge is 0.328 e. The highest BCUT2D eigenvalue weighted by Gasteiger charge is 2.41. The van der Waals surface area contributed by atoms with Gasteiger partial charge >= 0.3 is 5.97 Å². The van der Waals surface area contributed by atoms with Gasteiger partial charge in [-0.05, 0) is 76.1 Å². The Hall–Kier alpha value is -2.00. The first kappa shape index (κ1) is 23.7. The molecule has 0 aliphatic carbocycles. The number of amides is 2. The number of ether oxygens (including phenoxy) is 2. The Morgan fingerprint density at radius 2 is 1.90 bits per heavy atom. The summed E-state index contributed by atoms with van der Waals surface area (Å²) in [5.74, 6) is -0.791. The predicted molar refractivity (Wildman–Crippen MR) is 124 cm³/mol. The molecular formula is C21H16BrCl2NO5S. The summed E-state index contributed by atoms with van der Waals surface area (Å²) >= 11 is 16.4. The van der Waals surface area contributed by atoms with Gasteiger partial charge in [-0.3, -0.25) is 14.5 Å². The molecule has 0 N–H and O–H groups in total. The number of methoxy groups -OCH3 is 1. The highest BCUT2D eigenvalue weighted by molar-refractivity contribution is 9.10. The molecule has 162 valence electrons. The number of halogens is 3. The summed E-state index contributed by atoms with van der Waals surface area (Å²) in [7, 11) is 1.20. The summed E-state index contributed by atoms with van der Waals surface area (Å²) in [6.45, 7) is 1.73. The fourth-order valence-corrected chi connectivity index (χ4v) is 4.80. The molecule has 6 nitrogen and oxygen atoms in total. The maximum atomic E-state index is 12.6. The fourth-order valence-electron chi connectivity index (χ4n) is 2.78. The van der Waals surface area contributed by atoms with E-state index in [1.165, 1.54) is 20.1 Å². The quantitative estimate of drug-likeness (QED) is 0.331. The third kappa shape index (κ3) is 5.44. The minimum absolute atomic E-state index is 0.179. The maximum absolute atomic E-state index is 12.6. The van der Waals surface area contributed by atoms with E-state index in [2.05, 4.69) is 20.7 Å². The van der Waals surface area contributed by atoms with Gasteiger partial charge in [0, 0.05) is 5.02 Å². The van der Waals surface area contributed by atoms with Gasteiger partial charge in [-0.15, -0.1) is 0 Å². The molecule has 0 unspecified atom stereocenters. The van der Waals surface area contributed by atoms with Crippen LogP contribution in [0, 0.1) is 0 Å². The molecule has 0 radical (unpaired) electrons. The second-order valence-electron chi connectivity index (χ2n) is 6.48. The van der Waals surface area contributed by atoms with E-state index in [1.54, 1.807) is 24.3 Å². The summed E-state index contributed by atoms with van der Waals surface area (Å²) in [6, 6.07) is 9.58. The molecule has 0 bridgehead atoms. The zero-order chi connectivity index (χ0) is 22.7. The minimum Gasteiger partial charge on any atom is -0.486 e. The van der Waals surface area contributed by atoms with Gasteiger partial charge in [-0.2, -0.15) is 0 Å². The van der Waals surface area contributed by atoms with Gasteiger partial charge in [0.05, 0.1) is 21.5 Å². The molecule has 1 fully saturated rings. The summed E-state index contributed by atoms with van der Waals surface area (Å²) in [6.07, 6.45) is 1.54. The molecule has 2 aromatic rings. The molecule has 31 heavy (non-hydrogen) atoms. The Labute approximate surface area is 201 Å². The number of benzene rings is 2. The van der Waals surface area contributed by atoms with Crippen molar-refractivity contribution in [3.8, 4) is 5.75 Å². The van der Waals surface area contributed by atoms with Crippen LogP contribution in [0.1, 0.15) is 18.1 Å². The van der Waals surface area contributed by atoms with Crippen LogP contribution in [-0.2, 0) is 20.9 Å². The van der Waals surface area contributed by atoms with Crippen LogP contribution in [0.4, 0.5) is 4.79 Å². The molecule has 2 amide bonds. The number of esters is 1. The standard InChI is InChI=1S/C21H16BrCl2NO5S/c1-11(20(27)29-2)25-19(26)17(31-21(25)28)9-13-7-15(22)18(16(24)8-13)30-10-12-3-5-14(23)6-4-12/h3-9,11H,10H2,1-2H3/b17-9+/t11-/m1/s1. The van der Waals surface area contributed by atoms with Crippen LogP contribution in [0.15, 0.2) is 45.8 Å². The van der Waals surface area contributed by atoms with Gasteiger partial charge in [0.15, 0.2) is 5.75 Å². The molecule has 1 atom stereocenters. The molecular weight excluding hydrogens is 529 g/mol. The number of rotatable bonds is 6. The third-order valence-corrected chi connectivity index (χ3v) is 6.37. The van der Waals surface area contributed by atoms with Crippen LogP contribution in [-0.4, -0.2) is 35.2 Å². The van der Waals surface area contributed by atoms with E-state index >= 15 is 0 Å². The zero-order valence-corrected chi connectivity index (χ0v) is 20.3. The number of hydrogen-bond acceptors (Lipinski definition) is 6. The van der Waals surface area contributed by atoms with E-state index in [-0.39, 0.29) is 4.91 Å². The second-order valence-corrected chi connectivity index (χ2v) is 9.17. The van der Waals surface area contributed by atoms with Crippen LogP contribution in [0.5, 0.6) is 5.75 Å². The molecule has 1 heterocycles. The van der Waals surface area contributed by atoms with Crippen LogP contribution in [0.2, 0.25) is 10.0 Å². The Bertz CT molecular complexity index is 1050. The van der Waals surface area contributed by atoms with E-state index in [9.17, 15) is 14.4 Å². The lowest BCUT2D eigenvalue weighted by Gasteiger charge is -2.18. The Morgan fingerprint density at radius 3 is 2.52 bits per heavy atom. The average molecular weight is 545 g/mol. The molecule has 1 aliphatic rings. The fraction of sp³-hybridized carbons (Fsp3) is 0.190. The van der Waals surface area contributed by atoms with Crippen LogP contribution in [0.25, 0.3) is 6.08 Å². The topological polar surface area (TPSA) is 72.9 Å². The molecule has 1 saturated heterocycles. The first-order valence-electron chi connectivity index (χ1n) is 8.92. The largest absolute Gasteiger partial charge is 0.486 e. The van der Waals surface area contributed by atoms with Crippen LogP contribution < -0.4 is 4.74 Å². The van der Waals surface area contributed by atoms with Gasteiger partial charge in [0.1, 0.15) is 12.6 Å². The van der Waals surface area contributed by atoms with Crippen molar-refractivity contribution in [2.45, 2.75) is 19.6 Å². The highest BCUT2D eigenvalue weighted by atomic mass is 79.9. The van der Waals surface area contributed by atoms with E-state index < -0.39 is 23.2 Å². The molecule has 2 aromatic carbocycles. The lowest BCUT2D eigenvalue weighted by atomic mass is 10.2. The van der Waals surface area contributed by atoms with Crippen LogP contribution >= 0.6 is 50.9 Å². The van der Waals surface area contributed by atoms with Crippen molar-refractivity contribution in [3.63, 3.8) is 0 Å². The van der Waals surface area contributed by atoms with Gasteiger partial charge in [0.2, 0.25) is 0 Å². The number of nitrogens with zero attached hydrogens (tertiary/aromatic N) is 1. The Balaban J connectivity index is 1.78. The normalized spacial score (nSPS) is 16.0. The maximum Gasteiger partial charge on any atom is 0.328 e. The van der Waals surface area contributed by atoms with Crippen molar-refractivity contribution in [1.29, 1.82) is 0 Å². The van der Waals surface area contributed by atoms with E-state index in [4.69, 9.17) is 27.9 Å². The van der Waals surface area contributed by atoms with E-state index in [0.29, 0.717) is 32.4 Å². The number of hydrogen-bond donors (Lipinski definition) is 0. The van der Waals surface area contributed by atoms with Gasteiger partial charge in [0.25, 0.3) is 11.1 Å². The SMILES string of the molecule is COC(=O)[C@@H](C)N1C(=O)S/C(=C/c2cc(Cl)c(OCc3ccc(Cl)cc3)c(Br)c2)C1=O. The molecule has 1 aliphatic heterocycles. The summed E-state index contributed by atoms with van der Waals surface area (Å²) < 4.78 is 11.0. The lowest BCUT2D eigenvalue weighted by molar-refractivity contribution is -0.148. The number of carbonyl (C=O) groups excluding carboxylic acids is 3. The molecule has 0 aromatic heterocycles. The zero-order valence-electron chi connectivity index (χ0n) is 16.4. The number of carbonyl (C=O) groups is 3. The van der Waals surface area contributed by atoms with E-state index in [1.807, 2.05) is 12.1 Å².